The second-order valence-electron chi connectivity index (χ2n) is 4.48. The average Bonchev–Trinajstić information content (AvgIpc) is 2.53. The molecule has 1 atom stereocenters. The summed E-state index contributed by atoms with van der Waals surface area (Å²) in [6.07, 6.45) is 0.614. The van der Waals surface area contributed by atoms with Gasteiger partial charge in [-0.25, -0.2) is 0 Å². The molecule has 1 aromatic rings. The van der Waals surface area contributed by atoms with Gasteiger partial charge in [-0.3, -0.25) is 4.79 Å². The van der Waals surface area contributed by atoms with Gasteiger partial charge in [0.05, 0.1) is 19.6 Å². The smallest absolute Gasteiger partial charge is 0.305 e. The number of halogens is 1. The molecular weight excluding hydrogens is 270 g/mol. The summed E-state index contributed by atoms with van der Waals surface area (Å²) in [5, 5.41) is 9.24. The zero-order valence-corrected chi connectivity index (χ0v) is 11.4. The molecule has 0 amide bonds. The maximum Gasteiger partial charge on any atom is 0.305 e. The predicted molar refractivity (Wildman–Crippen MR) is 71.0 cm³/mol. The molecule has 0 spiro atoms. The Morgan fingerprint density at radius 1 is 1.53 bits per heavy atom. The van der Waals surface area contributed by atoms with Gasteiger partial charge in [0, 0.05) is 29.1 Å². The Morgan fingerprint density at radius 2 is 2.21 bits per heavy atom. The lowest BCUT2D eigenvalue weighted by molar-refractivity contribution is -0.137. The van der Waals surface area contributed by atoms with Crippen molar-refractivity contribution in [2.75, 3.05) is 13.2 Å². The summed E-state index contributed by atoms with van der Waals surface area (Å²) in [4.78, 5) is 10.8. The topological polar surface area (TPSA) is 81.8 Å². The molecule has 104 valence electrons. The van der Waals surface area contributed by atoms with E-state index in [-0.39, 0.29) is 6.42 Å². The summed E-state index contributed by atoms with van der Waals surface area (Å²) in [6, 6.07) is 0.980. The lowest BCUT2D eigenvalue weighted by Gasteiger charge is -2.19. The van der Waals surface area contributed by atoms with E-state index in [0.29, 0.717) is 35.3 Å². The number of carboxylic acids is 1. The average molecular weight is 286 g/mol. The van der Waals surface area contributed by atoms with Crippen LogP contribution in [0.1, 0.15) is 30.0 Å². The van der Waals surface area contributed by atoms with Gasteiger partial charge in [-0.15, -0.1) is 0 Å². The molecule has 0 fully saturated rings. The van der Waals surface area contributed by atoms with Crippen LogP contribution in [0.25, 0.3) is 0 Å². The second-order valence-corrected chi connectivity index (χ2v) is 4.89. The molecule has 0 bridgehead atoms. The first-order valence-electron chi connectivity index (χ1n) is 6.06. The van der Waals surface area contributed by atoms with Crippen molar-refractivity contribution in [2.45, 2.75) is 25.8 Å². The standard InChI is InChI=1S/C13H16ClNO4/c1-7-12(9(15)6-11(16)17)8(14)5-10-13(7)19-4-2-3-18-10/h5,9H,2-4,6,15H2,1H3,(H,16,17). The molecule has 2 rings (SSSR count). The first-order valence-corrected chi connectivity index (χ1v) is 6.44. The maximum atomic E-state index is 10.8. The number of nitrogens with two attached hydrogens (primary N) is 1. The van der Waals surface area contributed by atoms with Crippen molar-refractivity contribution in [3.63, 3.8) is 0 Å². The van der Waals surface area contributed by atoms with E-state index in [0.717, 1.165) is 12.0 Å². The predicted octanol–water partition coefficient (Wildman–Crippen LogP) is 2.28. The minimum Gasteiger partial charge on any atom is -0.489 e. The van der Waals surface area contributed by atoms with Crippen molar-refractivity contribution in [3.8, 4) is 11.5 Å². The maximum absolute atomic E-state index is 10.8. The van der Waals surface area contributed by atoms with Crippen molar-refractivity contribution in [3.05, 3.63) is 22.2 Å². The summed E-state index contributed by atoms with van der Waals surface area (Å²) in [7, 11) is 0. The van der Waals surface area contributed by atoms with Crippen LogP contribution in [0.4, 0.5) is 0 Å². The van der Waals surface area contributed by atoms with Crippen molar-refractivity contribution < 1.29 is 19.4 Å². The molecule has 0 saturated carbocycles. The normalized spacial score (nSPS) is 15.7. The minimum atomic E-state index is -0.963. The lowest BCUT2D eigenvalue weighted by Crippen LogP contribution is -2.17. The van der Waals surface area contributed by atoms with Crippen LogP contribution in [0.15, 0.2) is 6.07 Å². The number of hydrogen-bond donors (Lipinski definition) is 2. The number of carboxylic acid groups (broad SMARTS) is 1. The number of benzene rings is 1. The van der Waals surface area contributed by atoms with Crippen LogP contribution in [0.3, 0.4) is 0 Å². The van der Waals surface area contributed by atoms with Crippen LogP contribution >= 0.6 is 11.6 Å². The number of carbonyl (C=O) groups is 1. The Balaban J connectivity index is 2.44. The van der Waals surface area contributed by atoms with Gasteiger partial charge in [0.2, 0.25) is 0 Å². The van der Waals surface area contributed by atoms with Crippen molar-refractivity contribution in [1.82, 2.24) is 0 Å². The van der Waals surface area contributed by atoms with Crippen LogP contribution in [0.2, 0.25) is 5.02 Å². The summed E-state index contributed by atoms with van der Waals surface area (Å²) in [5.74, 6) is 0.235. The summed E-state index contributed by atoms with van der Waals surface area (Å²) in [5.41, 5.74) is 7.26. The fourth-order valence-electron chi connectivity index (χ4n) is 2.19. The van der Waals surface area contributed by atoms with Crippen LogP contribution in [-0.4, -0.2) is 24.3 Å². The van der Waals surface area contributed by atoms with E-state index >= 15 is 0 Å². The Labute approximate surface area is 116 Å². The SMILES string of the molecule is Cc1c2c(cc(Cl)c1C(N)CC(=O)O)OCCCO2. The van der Waals surface area contributed by atoms with Gasteiger partial charge in [0.1, 0.15) is 0 Å². The summed E-state index contributed by atoms with van der Waals surface area (Å²) >= 11 is 6.19. The lowest BCUT2D eigenvalue weighted by atomic mass is 9.98. The van der Waals surface area contributed by atoms with E-state index < -0.39 is 12.0 Å². The zero-order valence-electron chi connectivity index (χ0n) is 10.6. The second kappa shape index (κ2) is 5.67. The molecule has 6 heteroatoms. The van der Waals surface area contributed by atoms with Gasteiger partial charge in [-0.1, -0.05) is 11.6 Å². The Hall–Kier alpha value is -1.46. The molecule has 0 saturated heterocycles. The van der Waals surface area contributed by atoms with Crippen LogP contribution in [0.5, 0.6) is 11.5 Å². The van der Waals surface area contributed by atoms with E-state index in [4.69, 9.17) is 31.9 Å². The Morgan fingerprint density at radius 3 is 2.89 bits per heavy atom. The fraction of sp³-hybridized carbons (Fsp3) is 0.462. The monoisotopic (exact) mass is 285 g/mol. The molecule has 0 aliphatic carbocycles. The Bertz CT molecular complexity index is 504. The van der Waals surface area contributed by atoms with Gasteiger partial charge in [0.25, 0.3) is 0 Å². The highest BCUT2D eigenvalue weighted by atomic mass is 35.5. The highest BCUT2D eigenvalue weighted by Crippen LogP contribution is 2.41. The third-order valence-corrected chi connectivity index (χ3v) is 3.35. The molecule has 1 aliphatic heterocycles. The molecule has 1 aliphatic rings. The van der Waals surface area contributed by atoms with Gasteiger partial charge in [-0.2, -0.15) is 0 Å². The van der Waals surface area contributed by atoms with Gasteiger partial charge < -0.3 is 20.3 Å². The highest BCUT2D eigenvalue weighted by Gasteiger charge is 2.23. The molecule has 3 N–H and O–H groups in total. The third kappa shape index (κ3) is 2.93. The van der Waals surface area contributed by atoms with Gasteiger partial charge >= 0.3 is 5.97 Å². The molecule has 1 aromatic carbocycles. The van der Waals surface area contributed by atoms with Crippen LogP contribution < -0.4 is 15.2 Å². The number of fused-ring (bicyclic) bond motifs is 1. The minimum absolute atomic E-state index is 0.180. The first kappa shape index (κ1) is 14.0. The largest absolute Gasteiger partial charge is 0.489 e. The highest BCUT2D eigenvalue weighted by molar-refractivity contribution is 6.31. The number of rotatable bonds is 3. The molecule has 1 heterocycles. The molecule has 1 unspecified atom stereocenters. The molecular formula is C13H16ClNO4. The quantitative estimate of drug-likeness (QED) is 0.890. The molecule has 0 aromatic heterocycles. The van der Waals surface area contributed by atoms with E-state index in [1.807, 2.05) is 6.92 Å². The molecule has 5 nitrogen and oxygen atoms in total. The number of aliphatic carboxylic acids is 1. The molecule has 0 radical (unpaired) electrons. The van der Waals surface area contributed by atoms with E-state index in [2.05, 4.69) is 0 Å². The summed E-state index contributed by atoms with van der Waals surface area (Å²) in [6.45, 7) is 2.95. The fourth-order valence-corrected chi connectivity index (χ4v) is 2.57. The van der Waals surface area contributed by atoms with E-state index in [1.54, 1.807) is 6.07 Å². The van der Waals surface area contributed by atoms with Crippen LogP contribution in [0, 0.1) is 6.92 Å². The zero-order chi connectivity index (χ0) is 14.0. The first-order chi connectivity index (χ1) is 9.00. The van der Waals surface area contributed by atoms with Gasteiger partial charge in [-0.05, 0) is 12.5 Å². The number of hydrogen-bond acceptors (Lipinski definition) is 4. The summed E-state index contributed by atoms with van der Waals surface area (Å²) < 4.78 is 11.2. The molecule has 19 heavy (non-hydrogen) atoms. The Kier molecular flexibility index (Phi) is 4.17. The third-order valence-electron chi connectivity index (χ3n) is 3.04. The van der Waals surface area contributed by atoms with Gasteiger partial charge in [0.15, 0.2) is 11.5 Å². The van der Waals surface area contributed by atoms with Crippen molar-refractivity contribution in [2.24, 2.45) is 5.73 Å². The van der Waals surface area contributed by atoms with Crippen molar-refractivity contribution in [1.29, 1.82) is 0 Å². The number of ether oxygens (including phenoxy) is 2. The van der Waals surface area contributed by atoms with Crippen LogP contribution in [-0.2, 0) is 4.79 Å². The van der Waals surface area contributed by atoms with E-state index in [1.165, 1.54) is 0 Å². The van der Waals surface area contributed by atoms with Crippen molar-refractivity contribution >= 4 is 17.6 Å². The van der Waals surface area contributed by atoms with E-state index in [9.17, 15) is 4.79 Å².